The molecule has 0 aromatic carbocycles. The van der Waals surface area contributed by atoms with Crippen LogP contribution in [-0.2, 0) is 19.5 Å². The number of ether oxygens (including phenoxy) is 4. The van der Waals surface area contributed by atoms with E-state index in [1.54, 1.807) is 25.0 Å². The normalized spacial score (nSPS) is 30.4. The van der Waals surface area contributed by atoms with E-state index in [-0.39, 0.29) is 43.6 Å². The van der Waals surface area contributed by atoms with Gasteiger partial charge >= 0.3 is 6.09 Å². The Labute approximate surface area is 201 Å². The minimum atomic E-state index is -3.43. The highest BCUT2D eigenvalue weighted by molar-refractivity contribution is 7.89. The number of rotatable bonds is 4. The summed E-state index contributed by atoms with van der Waals surface area (Å²) in [5.41, 5.74) is 0.932. The molecule has 0 spiro atoms. The molecule has 4 bridgehead atoms. The maximum Gasteiger partial charge on any atom is 0.410 e. The molecule has 4 aliphatic rings. The van der Waals surface area contributed by atoms with Gasteiger partial charge in [0.05, 0.1) is 37.3 Å². The van der Waals surface area contributed by atoms with Crippen LogP contribution in [0, 0.1) is 0 Å². The predicted molar refractivity (Wildman–Crippen MR) is 125 cm³/mol. The van der Waals surface area contributed by atoms with Crippen LogP contribution in [0.25, 0.3) is 0 Å². The third kappa shape index (κ3) is 5.75. The Morgan fingerprint density at radius 2 is 1.91 bits per heavy atom. The smallest absolute Gasteiger partial charge is 0.410 e. The van der Waals surface area contributed by atoms with Crippen molar-refractivity contribution in [2.75, 3.05) is 32.7 Å². The van der Waals surface area contributed by atoms with E-state index >= 15 is 0 Å². The van der Waals surface area contributed by atoms with Crippen LogP contribution in [0.2, 0.25) is 0 Å². The van der Waals surface area contributed by atoms with E-state index in [0.717, 1.165) is 31.4 Å². The number of nitrogens with one attached hydrogen (secondary N) is 1. The number of hydrogen-bond acceptors (Lipinski definition) is 8. The lowest BCUT2D eigenvalue weighted by atomic mass is 9.85. The monoisotopic (exact) mass is 497 g/mol. The van der Waals surface area contributed by atoms with Gasteiger partial charge in [0.15, 0.2) is 0 Å². The van der Waals surface area contributed by atoms with Gasteiger partial charge in [0.2, 0.25) is 15.9 Å². The highest BCUT2D eigenvalue weighted by Gasteiger charge is 2.44. The van der Waals surface area contributed by atoms with Crippen molar-refractivity contribution in [1.82, 2.24) is 14.6 Å². The number of fused-ring (bicyclic) bond motifs is 7. The number of methoxy groups -OCH3 is 1. The number of nitrogens with zero attached hydrogens (tertiary/aromatic N) is 2. The number of carbonyl (C=O) groups excluding carboxylic acids is 1. The Balaban J connectivity index is 1.55. The van der Waals surface area contributed by atoms with Gasteiger partial charge in [-0.1, -0.05) is 0 Å². The number of sulfonamides is 1. The Bertz CT molecular complexity index is 965. The molecule has 0 unspecified atom stereocenters. The molecule has 1 saturated carbocycles. The first-order valence-electron chi connectivity index (χ1n) is 12.0. The van der Waals surface area contributed by atoms with E-state index in [1.165, 1.54) is 0 Å². The van der Waals surface area contributed by atoms with Crippen molar-refractivity contribution in [3.8, 4) is 11.6 Å². The average molecular weight is 498 g/mol. The van der Waals surface area contributed by atoms with Crippen LogP contribution in [0.3, 0.4) is 0 Å². The number of amides is 1. The van der Waals surface area contributed by atoms with Crippen LogP contribution in [-0.4, -0.2) is 81.3 Å². The molecule has 1 saturated heterocycles. The minimum Gasteiger partial charge on any atom is -0.496 e. The van der Waals surface area contributed by atoms with Crippen LogP contribution < -0.4 is 14.2 Å². The van der Waals surface area contributed by atoms with Gasteiger partial charge in [0.25, 0.3) is 0 Å². The van der Waals surface area contributed by atoms with E-state index in [0.29, 0.717) is 18.1 Å². The summed E-state index contributed by atoms with van der Waals surface area (Å²) in [6.07, 6.45) is 3.60. The highest BCUT2D eigenvalue weighted by atomic mass is 32.2. The molecule has 1 aromatic rings. The molecule has 5 rings (SSSR count). The Kier molecular flexibility index (Phi) is 7.83. The fourth-order valence-corrected chi connectivity index (χ4v) is 6.00. The van der Waals surface area contributed by atoms with Gasteiger partial charge in [0.1, 0.15) is 19.0 Å². The fraction of sp³-hybridized carbons (Fsp3) is 0.739. The third-order valence-corrected chi connectivity index (χ3v) is 8.42. The standard InChI is InChI=1S/C23H35N3O7S/c1-4-34(28,29)25-20-11-15(2)26-21(20)14-33-17-7-5-16(6-8-17)19-12-18(30-3)13-22(24-19)31-9-10-32-23(26)27/h12-13,15-17,20-21,25H,4-11,14H2,1-3H3/t15-,16?,17?,20+,21+/m1/s1. The van der Waals surface area contributed by atoms with Gasteiger partial charge in [-0.15, -0.1) is 0 Å². The molecule has 1 N–H and O–H groups in total. The van der Waals surface area contributed by atoms with E-state index in [9.17, 15) is 13.2 Å². The predicted octanol–water partition coefficient (Wildman–Crippen LogP) is 2.43. The summed E-state index contributed by atoms with van der Waals surface area (Å²) < 4.78 is 50.3. The molecule has 2 fully saturated rings. The number of carbonyl (C=O) groups is 1. The second-order valence-electron chi connectivity index (χ2n) is 9.23. The number of hydrogen-bond donors (Lipinski definition) is 1. The van der Waals surface area contributed by atoms with Gasteiger partial charge in [-0.05, 0) is 46.0 Å². The lowest BCUT2D eigenvalue weighted by Crippen LogP contribution is -2.51. The fourth-order valence-electron chi connectivity index (χ4n) is 5.12. The minimum absolute atomic E-state index is 0.0176. The largest absolute Gasteiger partial charge is 0.496 e. The van der Waals surface area contributed by atoms with Crippen molar-refractivity contribution < 1.29 is 32.2 Å². The Morgan fingerprint density at radius 1 is 1.18 bits per heavy atom. The lowest BCUT2D eigenvalue weighted by Gasteiger charge is -2.33. The lowest BCUT2D eigenvalue weighted by molar-refractivity contribution is -0.0118. The molecule has 10 nitrogen and oxygen atoms in total. The summed E-state index contributed by atoms with van der Waals surface area (Å²) in [5, 5.41) is 0. The maximum absolute atomic E-state index is 13.0. The van der Waals surface area contributed by atoms with Crippen molar-refractivity contribution >= 4 is 16.1 Å². The second kappa shape index (κ2) is 10.7. The Hall–Kier alpha value is -2.11. The zero-order valence-corrected chi connectivity index (χ0v) is 20.9. The van der Waals surface area contributed by atoms with Crippen LogP contribution in [0.15, 0.2) is 12.1 Å². The first kappa shape index (κ1) is 25.0. The van der Waals surface area contributed by atoms with Crippen molar-refractivity contribution in [2.45, 2.75) is 76.1 Å². The van der Waals surface area contributed by atoms with Crippen molar-refractivity contribution in [2.24, 2.45) is 0 Å². The van der Waals surface area contributed by atoms with E-state index in [1.807, 2.05) is 13.0 Å². The van der Waals surface area contributed by atoms with E-state index in [2.05, 4.69) is 9.71 Å². The van der Waals surface area contributed by atoms with Crippen molar-refractivity contribution in [3.05, 3.63) is 17.8 Å². The molecule has 4 heterocycles. The summed E-state index contributed by atoms with van der Waals surface area (Å²) in [7, 11) is -1.82. The number of aromatic nitrogens is 1. The van der Waals surface area contributed by atoms with Gasteiger partial charge in [-0.25, -0.2) is 22.9 Å². The third-order valence-electron chi connectivity index (χ3n) is 7.00. The van der Waals surface area contributed by atoms with Crippen LogP contribution in [0.1, 0.15) is 57.6 Å². The molecule has 190 valence electrons. The van der Waals surface area contributed by atoms with Gasteiger partial charge in [-0.2, -0.15) is 0 Å². The molecule has 3 atom stereocenters. The molecule has 0 radical (unpaired) electrons. The van der Waals surface area contributed by atoms with E-state index < -0.39 is 28.2 Å². The SMILES string of the molecule is CCS(=O)(=O)N[C@H]1C[C@@H](C)N2C(=O)OCCOc3cc(OC)cc(n3)C3CCC(CC3)OC[C@@H]12. The van der Waals surface area contributed by atoms with E-state index in [4.69, 9.17) is 18.9 Å². The Morgan fingerprint density at radius 3 is 2.62 bits per heavy atom. The average Bonchev–Trinajstić information content (AvgIpc) is 3.13. The summed E-state index contributed by atoms with van der Waals surface area (Å²) in [5.74, 6) is 1.40. The van der Waals surface area contributed by atoms with Gasteiger partial charge in [0, 0.05) is 30.1 Å². The first-order chi connectivity index (χ1) is 16.3. The number of pyridine rings is 1. The molecule has 1 amide bonds. The topological polar surface area (TPSA) is 116 Å². The summed E-state index contributed by atoms with van der Waals surface area (Å²) >= 11 is 0. The second-order valence-corrected chi connectivity index (χ2v) is 11.3. The maximum atomic E-state index is 13.0. The van der Waals surface area contributed by atoms with Crippen molar-refractivity contribution in [3.63, 3.8) is 0 Å². The molecular weight excluding hydrogens is 462 g/mol. The van der Waals surface area contributed by atoms with Crippen LogP contribution in [0.4, 0.5) is 4.79 Å². The summed E-state index contributed by atoms with van der Waals surface area (Å²) in [4.78, 5) is 19.3. The zero-order chi connectivity index (χ0) is 24.3. The molecule has 3 aliphatic heterocycles. The molecular formula is C23H35N3O7S. The van der Waals surface area contributed by atoms with Crippen LogP contribution >= 0.6 is 0 Å². The first-order valence-corrected chi connectivity index (χ1v) is 13.7. The van der Waals surface area contributed by atoms with Crippen LogP contribution in [0.5, 0.6) is 11.6 Å². The molecule has 11 heteroatoms. The zero-order valence-electron chi connectivity index (χ0n) is 20.1. The summed E-state index contributed by atoms with van der Waals surface area (Å²) in [6.45, 7) is 3.94. The molecule has 34 heavy (non-hydrogen) atoms. The van der Waals surface area contributed by atoms with Gasteiger partial charge in [-0.3, -0.25) is 4.90 Å². The molecule has 1 aromatic heterocycles. The highest BCUT2D eigenvalue weighted by Crippen LogP contribution is 2.36. The van der Waals surface area contributed by atoms with Gasteiger partial charge < -0.3 is 18.9 Å². The summed E-state index contributed by atoms with van der Waals surface area (Å²) in [6, 6.07) is 2.63. The molecule has 1 aliphatic carbocycles. The quantitative estimate of drug-likeness (QED) is 0.674. The van der Waals surface area contributed by atoms with Crippen molar-refractivity contribution in [1.29, 1.82) is 0 Å².